The van der Waals surface area contributed by atoms with E-state index in [9.17, 15) is 14.4 Å². The van der Waals surface area contributed by atoms with Crippen LogP contribution in [0.2, 0.25) is 0 Å². The lowest BCUT2D eigenvalue weighted by Gasteiger charge is -2.23. The fourth-order valence-corrected chi connectivity index (χ4v) is 0.982. The summed E-state index contributed by atoms with van der Waals surface area (Å²) in [6.07, 6.45) is -0.464. The first kappa shape index (κ1) is 5.59. The van der Waals surface area contributed by atoms with E-state index in [2.05, 4.69) is 4.84 Å². The Morgan fingerprint density at radius 1 is 1.38 bits per heavy atom. The maximum absolute atomic E-state index is 11.9. The number of nitrogens with zero attached hydrogens (tertiary/aromatic N) is 2. The van der Waals surface area contributed by atoms with E-state index in [-0.39, 0.29) is 34.9 Å². The van der Waals surface area contributed by atoms with Gasteiger partial charge >= 0.3 is 5.97 Å². The van der Waals surface area contributed by atoms with Gasteiger partial charge in [0.1, 0.15) is 0 Å². The van der Waals surface area contributed by atoms with E-state index in [1.807, 2.05) is 0 Å². The van der Waals surface area contributed by atoms with Gasteiger partial charge in [-0.25, -0.2) is 4.79 Å². The second-order valence-corrected chi connectivity index (χ2v) is 3.01. The van der Waals surface area contributed by atoms with Crippen molar-refractivity contribution in [3.05, 3.63) is 0 Å². The van der Waals surface area contributed by atoms with E-state index in [1.54, 1.807) is 0 Å². The lowest BCUT2D eigenvalue weighted by molar-refractivity contribution is -0.863. The fraction of sp³-hybridized carbons (Fsp3) is 0.667. The van der Waals surface area contributed by atoms with Gasteiger partial charge in [-0.1, -0.05) is 0 Å². The smallest absolute Gasteiger partial charge is 0.387 e. The minimum Gasteiger partial charge on any atom is -1.00 e. The molecule has 1 saturated heterocycles. The molecule has 0 N–H and O–H groups in total. The molecule has 0 aliphatic carbocycles. The summed E-state index contributed by atoms with van der Waals surface area (Å²) >= 11 is 0. The van der Waals surface area contributed by atoms with Crippen LogP contribution in [-0.4, -0.2) is 54.8 Å². The van der Waals surface area contributed by atoms with E-state index in [4.69, 9.17) is 12.3 Å². The monoisotopic (exact) mass is 303 g/mol. The van der Waals surface area contributed by atoms with Crippen molar-refractivity contribution in [1.82, 2.24) is 5.06 Å². The molecule has 16 heavy (non-hydrogen) atoms. The van der Waals surface area contributed by atoms with Gasteiger partial charge < -0.3 is 26.3 Å². The number of hydroxylamine groups is 2. The predicted molar refractivity (Wildman–Crippen MR) is 50.1 cm³/mol. The van der Waals surface area contributed by atoms with Crippen molar-refractivity contribution in [2.24, 2.45) is 0 Å². The molecule has 1 fully saturated rings. The van der Waals surface area contributed by atoms with Crippen LogP contribution >= 0.6 is 0 Å². The summed E-state index contributed by atoms with van der Waals surface area (Å²) in [5, 5.41) is 0.0789. The van der Waals surface area contributed by atoms with Crippen LogP contribution in [0.3, 0.4) is 0 Å². The number of halogens is 1. The first-order valence-corrected chi connectivity index (χ1v) is 3.99. The Hall–Kier alpha value is -0.950. The Bertz CT molecular complexity index is 505. The molecule has 6 nitrogen and oxygen atoms in total. The van der Waals surface area contributed by atoms with Crippen LogP contribution in [0.15, 0.2) is 0 Å². The van der Waals surface area contributed by atoms with Crippen molar-refractivity contribution in [1.29, 1.82) is 0 Å². The molecule has 0 aromatic rings. The zero-order chi connectivity index (χ0) is 19.1. The van der Waals surface area contributed by atoms with E-state index < -0.39 is 49.7 Å². The molecule has 0 bridgehead atoms. The Balaban J connectivity index is 0.00000576. The van der Waals surface area contributed by atoms with Gasteiger partial charge in [0, 0.05) is 12.8 Å². The third-order valence-electron chi connectivity index (χ3n) is 1.57. The number of amides is 2. The third kappa shape index (κ3) is 4.28. The van der Waals surface area contributed by atoms with Crippen LogP contribution in [0.5, 0.6) is 0 Å². The third-order valence-corrected chi connectivity index (χ3v) is 1.57. The highest BCUT2D eigenvalue weighted by Crippen LogP contribution is 2.12. The van der Waals surface area contributed by atoms with Gasteiger partial charge in [0.25, 0.3) is 11.8 Å². The van der Waals surface area contributed by atoms with Gasteiger partial charge in [0.2, 0.25) is 0 Å². The van der Waals surface area contributed by atoms with Gasteiger partial charge in [0.05, 0.1) is 33.3 Å². The average Bonchev–Trinajstić information content (AvgIpc) is 2.63. The first-order chi connectivity index (χ1) is 10.5. The number of likely N-dealkylation sites (N-methyl/N-ethyl adjacent to an activating group) is 1. The molecule has 0 radical (unpaired) electrons. The molecule has 1 aliphatic heterocycles. The average molecular weight is 304 g/mol. The summed E-state index contributed by atoms with van der Waals surface area (Å²) in [6.45, 7) is -12.5. The molecule has 0 aromatic heterocycles. The number of carbonyl (C=O) groups excluding carboxylic acids is 3. The molecule has 1 heterocycles. The van der Waals surface area contributed by atoms with Crippen LogP contribution in [0.1, 0.15) is 25.2 Å². The summed E-state index contributed by atoms with van der Waals surface area (Å²) < 4.78 is 63.5. The number of quaternary nitrogens is 1. The molecule has 92 valence electrons. The molecular weight excluding hydrogens is 280 g/mol. The van der Waals surface area contributed by atoms with Gasteiger partial charge in [-0.05, 0) is 0 Å². The van der Waals surface area contributed by atoms with Crippen LogP contribution in [-0.2, 0) is 19.2 Å². The van der Waals surface area contributed by atoms with Crippen molar-refractivity contribution < 1.29 is 53.0 Å². The summed E-state index contributed by atoms with van der Waals surface area (Å²) in [4.78, 5) is 39.1. The number of hydrogen-bond donors (Lipinski definition) is 0. The molecule has 0 saturated carbocycles. The number of imide groups is 1. The molecule has 1 aliphatic rings. The van der Waals surface area contributed by atoms with Gasteiger partial charge in [-0.2, -0.15) is 0 Å². The van der Waals surface area contributed by atoms with Crippen molar-refractivity contribution in [3.63, 3.8) is 0 Å². The highest BCUT2D eigenvalue weighted by Gasteiger charge is 2.33. The van der Waals surface area contributed by atoms with Crippen molar-refractivity contribution >= 4 is 17.8 Å². The maximum atomic E-state index is 11.9. The van der Waals surface area contributed by atoms with E-state index >= 15 is 0 Å². The quantitative estimate of drug-likeness (QED) is 0.398. The molecule has 0 atom stereocenters. The highest BCUT2D eigenvalue weighted by molar-refractivity contribution is 6.01. The Labute approximate surface area is 117 Å². The number of hydrogen-bond acceptors (Lipinski definition) is 4. The first-order valence-electron chi connectivity index (χ1n) is 8.49. The van der Waals surface area contributed by atoms with Crippen LogP contribution < -0.4 is 17.0 Å². The summed E-state index contributed by atoms with van der Waals surface area (Å²) in [5.41, 5.74) is 0. The van der Waals surface area contributed by atoms with Crippen LogP contribution in [0, 0.1) is 0 Å². The topological polar surface area (TPSA) is 63.7 Å². The lowest BCUT2D eigenvalue weighted by atomic mass is 10.4. The van der Waals surface area contributed by atoms with E-state index in [1.165, 1.54) is 0 Å². The maximum Gasteiger partial charge on any atom is 0.387 e. The molecule has 0 unspecified atom stereocenters. The largest absolute Gasteiger partial charge is 1.00 e. The van der Waals surface area contributed by atoms with E-state index in [0.29, 0.717) is 0 Å². The molecule has 1 rings (SSSR count). The summed E-state index contributed by atoms with van der Waals surface area (Å²) in [7, 11) is 0. The van der Waals surface area contributed by atoms with Crippen molar-refractivity contribution in [2.75, 3.05) is 27.5 Å². The fourth-order valence-electron chi connectivity index (χ4n) is 0.982. The minimum atomic E-state index is -3.63. The van der Waals surface area contributed by atoms with Gasteiger partial charge in [-0.15, -0.1) is 5.06 Å². The molecular formula is C9H15BrN2O4. The standard InChI is InChI=1S/C9H15N2O4.BrH/c1-11(2,3)6-9(14)15-10-7(12)4-5-8(10)13;/h4-6H2,1-3H3;1H/q+1;/p-1/i1D3,2D3,3D3;. The molecule has 7 heteroatoms. The van der Waals surface area contributed by atoms with Crippen LogP contribution in [0.25, 0.3) is 0 Å². The highest BCUT2D eigenvalue weighted by atomic mass is 79.9. The Morgan fingerprint density at radius 2 is 1.88 bits per heavy atom. The zero-order valence-corrected chi connectivity index (χ0v) is 9.61. The Morgan fingerprint density at radius 3 is 2.31 bits per heavy atom. The minimum absolute atomic E-state index is 0. The summed E-state index contributed by atoms with van der Waals surface area (Å²) in [6, 6.07) is 0. The predicted octanol–water partition coefficient (Wildman–Crippen LogP) is -3.70. The molecule has 2 amide bonds. The normalized spacial score (nSPS) is 26.8. The van der Waals surface area contributed by atoms with E-state index in [0.717, 1.165) is 0 Å². The second-order valence-electron chi connectivity index (χ2n) is 3.01. The van der Waals surface area contributed by atoms with Crippen LogP contribution in [0.4, 0.5) is 0 Å². The van der Waals surface area contributed by atoms with Crippen molar-refractivity contribution in [2.45, 2.75) is 12.8 Å². The summed E-state index contributed by atoms with van der Waals surface area (Å²) in [5.74, 6) is -3.38. The number of carbonyl (C=O) groups is 3. The van der Waals surface area contributed by atoms with Gasteiger partial charge in [0.15, 0.2) is 6.54 Å². The molecule has 0 aromatic carbocycles. The lowest BCUT2D eigenvalue weighted by Crippen LogP contribution is -3.00. The van der Waals surface area contributed by atoms with Crippen molar-refractivity contribution in [3.8, 4) is 0 Å². The Kier molecular flexibility index (Phi) is 1.89. The van der Waals surface area contributed by atoms with Gasteiger partial charge in [-0.3, -0.25) is 9.59 Å². The zero-order valence-electron chi connectivity index (χ0n) is 17.0. The number of rotatable bonds is 3. The second kappa shape index (κ2) is 5.40. The molecule has 0 spiro atoms. The SMILES string of the molecule is [2H]C([2H])([2H])[N+](CC(=O)ON1C(=O)CCC1=O)(C([2H])([2H])[2H])C([2H])([2H])[2H].[Br-].